The van der Waals surface area contributed by atoms with Crippen LogP contribution in [0.2, 0.25) is 5.02 Å². The molecule has 0 unspecified atom stereocenters. The van der Waals surface area contributed by atoms with Crippen LogP contribution in [0.5, 0.6) is 0 Å². The molecule has 2 rings (SSSR count). The highest BCUT2D eigenvalue weighted by Gasteiger charge is 2.23. The summed E-state index contributed by atoms with van der Waals surface area (Å²) < 4.78 is 0. The summed E-state index contributed by atoms with van der Waals surface area (Å²) in [5, 5.41) is 4.39. The van der Waals surface area contributed by atoms with E-state index in [0.717, 1.165) is 24.7 Å². The van der Waals surface area contributed by atoms with Gasteiger partial charge in [0.15, 0.2) is 0 Å². The summed E-state index contributed by atoms with van der Waals surface area (Å²) in [6.45, 7) is 8.93. The molecule has 1 fully saturated rings. The molecule has 0 bridgehead atoms. The molecule has 1 aliphatic rings. The number of nitrogens with zero attached hydrogens (tertiary/aromatic N) is 1. The van der Waals surface area contributed by atoms with Gasteiger partial charge in [0.05, 0.1) is 0 Å². The largest absolute Gasteiger partial charge is 0.310 e. The van der Waals surface area contributed by atoms with Crippen LogP contribution in [0.15, 0.2) is 24.3 Å². The minimum atomic E-state index is 0.211. The summed E-state index contributed by atoms with van der Waals surface area (Å²) in [6, 6.07) is 8.18. The van der Waals surface area contributed by atoms with Crippen molar-refractivity contribution in [3.05, 3.63) is 34.9 Å². The Labute approximate surface area is 109 Å². The second-order valence-electron chi connectivity index (χ2n) is 5.50. The zero-order valence-corrected chi connectivity index (χ0v) is 11.4. The maximum atomic E-state index is 5.90. The number of nitrogens with one attached hydrogen (secondary N) is 1. The number of benzene rings is 1. The van der Waals surface area contributed by atoms with E-state index in [1.807, 2.05) is 12.1 Å². The molecule has 0 radical (unpaired) electrons. The first-order valence-corrected chi connectivity index (χ1v) is 6.65. The van der Waals surface area contributed by atoms with Gasteiger partial charge < -0.3 is 5.32 Å². The molecule has 1 saturated heterocycles. The summed E-state index contributed by atoms with van der Waals surface area (Å²) in [5.41, 5.74) is 1.55. The predicted molar refractivity (Wildman–Crippen MR) is 73.4 cm³/mol. The first-order chi connectivity index (χ1) is 8.05. The monoisotopic (exact) mass is 252 g/mol. The highest BCUT2D eigenvalue weighted by molar-refractivity contribution is 6.30. The Kier molecular flexibility index (Phi) is 4.08. The van der Waals surface area contributed by atoms with E-state index >= 15 is 0 Å². The van der Waals surface area contributed by atoms with Crippen molar-refractivity contribution >= 4 is 11.6 Å². The molecule has 2 nitrogen and oxygen atoms in total. The SMILES string of the molecule is CC1(C)CN(Cc2ccc(Cl)cc2)CCCN1. The molecule has 0 aromatic heterocycles. The Balaban J connectivity index is 1.99. The van der Waals surface area contributed by atoms with Crippen molar-refractivity contribution in [3.8, 4) is 0 Å². The quantitative estimate of drug-likeness (QED) is 0.871. The number of rotatable bonds is 2. The summed E-state index contributed by atoms with van der Waals surface area (Å²) in [4.78, 5) is 2.52. The topological polar surface area (TPSA) is 15.3 Å². The van der Waals surface area contributed by atoms with Crippen LogP contribution in [0.25, 0.3) is 0 Å². The van der Waals surface area contributed by atoms with Gasteiger partial charge in [0.2, 0.25) is 0 Å². The van der Waals surface area contributed by atoms with Crippen molar-refractivity contribution in [1.29, 1.82) is 0 Å². The second-order valence-corrected chi connectivity index (χ2v) is 5.94. The van der Waals surface area contributed by atoms with Gasteiger partial charge in [-0.15, -0.1) is 0 Å². The normalized spacial score (nSPS) is 21.1. The lowest BCUT2D eigenvalue weighted by Crippen LogP contribution is -2.46. The highest BCUT2D eigenvalue weighted by atomic mass is 35.5. The maximum Gasteiger partial charge on any atom is 0.0406 e. The minimum absolute atomic E-state index is 0.211. The smallest absolute Gasteiger partial charge is 0.0406 e. The molecule has 94 valence electrons. The molecule has 0 saturated carbocycles. The van der Waals surface area contributed by atoms with Crippen molar-refractivity contribution in [1.82, 2.24) is 10.2 Å². The summed E-state index contributed by atoms with van der Waals surface area (Å²) >= 11 is 5.90. The van der Waals surface area contributed by atoms with Crippen molar-refractivity contribution in [2.75, 3.05) is 19.6 Å². The molecule has 1 aromatic rings. The van der Waals surface area contributed by atoms with Crippen LogP contribution in [0.1, 0.15) is 25.8 Å². The Bertz CT molecular complexity index is 359. The lowest BCUT2D eigenvalue weighted by atomic mass is 10.1. The first-order valence-electron chi connectivity index (χ1n) is 6.27. The first kappa shape index (κ1) is 12.9. The molecule has 0 spiro atoms. The fourth-order valence-electron chi connectivity index (χ4n) is 2.41. The average molecular weight is 253 g/mol. The Morgan fingerprint density at radius 3 is 2.71 bits per heavy atom. The van der Waals surface area contributed by atoms with E-state index in [4.69, 9.17) is 11.6 Å². The van der Waals surface area contributed by atoms with Gasteiger partial charge in [0, 0.05) is 23.7 Å². The van der Waals surface area contributed by atoms with Gasteiger partial charge >= 0.3 is 0 Å². The van der Waals surface area contributed by atoms with Crippen LogP contribution < -0.4 is 5.32 Å². The van der Waals surface area contributed by atoms with Crippen LogP contribution in [0, 0.1) is 0 Å². The van der Waals surface area contributed by atoms with Gasteiger partial charge in [-0.25, -0.2) is 0 Å². The molecule has 1 aliphatic heterocycles. The van der Waals surface area contributed by atoms with Crippen molar-refractivity contribution < 1.29 is 0 Å². The number of hydrogen-bond acceptors (Lipinski definition) is 2. The van der Waals surface area contributed by atoms with Gasteiger partial charge in [-0.1, -0.05) is 23.7 Å². The lowest BCUT2D eigenvalue weighted by molar-refractivity contribution is 0.224. The standard InChI is InChI=1S/C14H21ClN2/c1-14(2)11-17(9-3-8-16-14)10-12-4-6-13(15)7-5-12/h4-7,16H,3,8-11H2,1-2H3. The molecule has 1 N–H and O–H groups in total. The Hall–Kier alpha value is -0.570. The van der Waals surface area contributed by atoms with Gasteiger partial charge in [-0.3, -0.25) is 4.90 Å². The number of hydrogen-bond donors (Lipinski definition) is 1. The molecule has 0 atom stereocenters. The van der Waals surface area contributed by atoms with Crippen molar-refractivity contribution in [3.63, 3.8) is 0 Å². The molecule has 1 heterocycles. The molecule has 17 heavy (non-hydrogen) atoms. The van der Waals surface area contributed by atoms with E-state index in [-0.39, 0.29) is 5.54 Å². The molecule has 0 amide bonds. The fourth-order valence-corrected chi connectivity index (χ4v) is 2.53. The van der Waals surface area contributed by atoms with E-state index in [1.54, 1.807) is 0 Å². The van der Waals surface area contributed by atoms with Crippen LogP contribution in [-0.2, 0) is 6.54 Å². The highest BCUT2D eigenvalue weighted by Crippen LogP contribution is 2.15. The van der Waals surface area contributed by atoms with E-state index in [9.17, 15) is 0 Å². The van der Waals surface area contributed by atoms with Crippen molar-refractivity contribution in [2.45, 2.75) is 32.4 Å². The average Bonchev–Trinajstić information content (AvgIpc) is 2.43. The molecular weight excluding hydrogens is 232 g/mol. The maximum absolute atomic E-state index is 5.90. The number of halogens is 1. The van der Waals surface area contributed by atoms with Gasteiger partial charge in [-0.05, 0) is 51.1 Å². The lowest BCUT2D eigenvalue weighted by Gasteiger charge is -2.30. The summed E-state index contributed by atoms with van der Waals surface area (Å²) in [7, 11) is 0. The zero-order chi connectivity index (χ0) is 12.3. The third-order valence-electron chi connectivity index (χ3n) is 3.19. The van der Waals surface area contributed by atoms with Crippen LogP contribution in [0.3, 0.4) is 0 Å². The summed E-state index contributed by atoms with van der Waals surface area (Å²) in [5.74, 6) is 0. The third-order valence-corrected chi connectivity index (χ3v) is 3.44. The molecule has 3 heteroatoms. The predicted octanol–water partition coefficient (Wildman–Crippen LogP) is 2.91. The molecule has 1 aromatic carbocycles. The minimum Gasteiger partial charge on any atom is -0.310 e. The molecular formula is C14H21ClN2. The fraction of sp³-hybridized carbons (Fsp3) is 0.571. The molecule has 0 aliphatic carbocycles. The van der Waals surface area contributed by atoms with E-state index in [2.05, 4.69) is 36.2 Å². The summed E-state index contributed by atoms with van der Waals surface area (Å²) in [6.07, 6.45) is 1.22. The third kappa shape index (κ3) is 3.98. The Morgan fingerprint density at radius 1 is 1.29 bits per heavy atom. The van der Waals surface area contributed by atoms with E-state index in [1.165, 1.54) is 18.5 Å². The van der Waals surface area contributed by atoms with Gasteiger partial charge in [0.25, 0.3) is 0 Å². The van der Waals surface area contributed by atoms with Crippen LogP contribution >= 0.6 is 11.6 Å². The Morgan fingerprint density at radius 2 is 2.00 bits per heavy atom. The van der Waals surface area contributed by atoms with Gasteiger partial charge in [0.1, 0.15) is 0 Å². The van der Waals surface area contributed by atoms with Crippen LogP contribution in [0.4, 0.5) is 0 Å². The second kappa shape index (κ2) is 5.38. The zero-order valence-electron chi connectivity index (χ0n) is 10.7. The van der Waals surface area contributed by atoms with Crippen LogP contribution in [-0.4, -0.2) is 30.1 Å². The van der Waals surface area contributed by atoms with E-state index in [0.29, 0.717) is 0 Å². The van der Waals surface area contributed by atoms with Crippen molar-refractivity contribution in [2.24, 2.45) is 0 Å². The van der Waals surface area contributed by atoms with E-state index < -0.39 is 0 Å². The van der Waals surface area contributed by atoms with Gasteiger partial charge in [-0.2, -0.15) is 0 Å².